The Bertz CT molecular complexity index is 846. The third-order valence-corrected chi connectivity index (χ3v) is 5.92. The van der Waals surface area contributed by atoms with Crippen molar-refractivity contribution in [3.63, 3.8) is 0 Å². The van der Waals surface area contributed by atoms with Crippen molar-refractivity contribution in [2.45, 2.75) is 38.5 Å². The van der Waals surface area contributed by atoms with E-state index in [1.54, 1.807) is 6.07 Å². The van der Waals surface area contributed by atoms with Gasteiger partial charge in [-0.05, 0) is 55.7 Å². The molecule has 4 rings (SSSR count). The minimum Gasteiger partial charge on any atom is -0.456 e. The second kappa shape index (κ2) is 7.70. The van der Waals surface area contributed by atoms with Crippen molar-refractivity contribution in [1.29, 1.82) is 0 Å². The first kappa shape index (κ1) is 18.6. The lowest BCUT2D eigenvalue weighted by molar-refractivity contribution is -0.152. The number of carbonyl (C=O) groups is 4. The van der Waals surface area contributed by atoms with Gasteiger partial charge in [0.05, 0.1) is 11.8 Å². The first-order chi connectivity index (χ1) is 13.5. The predicted molar refractivity (Wildman–Crippen MR) is 100 cm³/mol. The molecule has 0 spiro atoms. The van der Waals surface area contributed by atoms with Crippen LogP contribution in [0.5, 0.6) is 0 Å². The number of carbonyl (C=O) groups excluding carboxylic acids is 4. The summed E-state index contributed by atoms with van der Waals surface area (Å²) in [5, 5.41) is 0. The second-order valence-corrected chi connectivity index (χ2v) is 7.69. The van der Waals surface area contributed by atoms with Crippen LogP contribution in [-0.2, 0) is 32.0 Å². The van der Waals surface area contributed by atoms with Crippen LogP contribution in [0.3, 0.4) is 0 Å². The molecule has 1 aromatic carbocycles. The summed E-state index contributed by atoms with van der Waals surface area (Å²) in [4.78, 5) is 50.2. The summed E-state index contributed by atoms with van der Waals surface area (Å²) < 4.78 is 5.06. The minimum absolute atomic E-state index is 0.279. The van der Waals surface area contributed by atoms with Gasteiger partial charge < -0.3 is 4.74 Å². The maximum absolute atomic E-state index is 12.4. The van der Waals surface area contributed by atoms with Gasteiger partial charge >= 0.3 is 5.97 Å². The quantitative estimate of drug-likeness (QED) is 0.338. The molecule has 1 fully saturated rings. The molecule has 1 aliphatic heterocycles. The van der Waals surface area contributed by atoms with Gasteiger partial charge in [-0.25, -0.2) is 0 Å². The molecule has 0 saturated carbocycles. The van der Waals surface area contributed by atoms with Gasteiger partial charge in [0, 0.05) is 5.56 Å². The molecule has 0 unspecified atom stereocenters. The van der Waals surface area contributed by atoms with Gasteiger partial charge in [-0.2, -0.15) is 0 Å². The number of allylic oxidation sites excluding steroid dienone is 2. The van der Waals surface area contributed by atoms with Gasteiger partial charge in [0.2, 0.25) is 11.8 Å². The SMILES string of the molecule is O=C(CN1C(=O)[C@H]2CC=CC[C@@H]2C1=O)OCC(=O)c1ccc2c(c1)CCCC2. The number of fused-ring (bicyclic) bond motifs is 2. The lowest BCUT2D eigenvalue weighted by Crippen LogP contribution is -2.37. The fraction of sp³-hybridized carbons (Fsp3) is 0.455. The highest BCUT2D eigenvalue weighted by atomic mass is 16.5. The first-order valence-corrected chi connectivity index (χ1v) is 9.85. The predicted octanol–water partition coefficient (Wildman–Crippen LogP) is 2.24. The smallest absolute Gasteiger partial charge is 0.326 e. The minimum atomic E-state index is -0.736. The van der Waals surface area contributed by atoms with Crippen LogP contribution in [0.25, 0.3) is 0 Å². The van der Waals surface area contributed by atoms with Crippen LogP contribution in [0.2, 0.25) is 0 Å². The molecule has 0 aromatic heterocycles. The zero-order chi connectivity index (χ0) is 19.7. The third kappa shape index (κ3) is 3.51. The number of likely N-dealkylation sites (tertiary alicyclic amines) is 1. The first-order valence-electron chi connectivity index (χ1n) is 9.85. The van der Waals surface area contributed by atoms with Gasteiger partial charge in [-0.1, -0.05) is 24.3 Å². The zero-order valence-electron chi connectivity index (χ0n) is 15.7. The zero-order valence-corrected chi connectivity index (χ0v) is 15.7. The Balaban J connectivity index is 1.33. The van der Waals surface area contributed by atoms with Gasteiger partial charge in [-0.15, -0.1) is 0 Å². The summed E-state index contributed by atoms with van der Waals surface area (Å²) in [6, 6.07) is 5.63. The number of nitrogens with zero attached hydrogens (tertiary/aromatic N) is 1. The molecule has 3 aliphatic rings. The number of esters is 1. The van der Waals surface area contributed by atoms with Crippen molar-refractivity contribution in [1.82, 2.24) is 4.90 Å². The van der Waals surface area contributed by atoms with E-state index in [1.165, 1.54) is 17.5 Å². The Morgan fingerprint density at radius 3 is 2.29 bits per heavy atom. The van der Waals surface area contributed by atoms with Crippen molar-refractivity contribution in [3.8, 4) is 0 Å². The Morgan fingerprint density at radius 2 is 1.61 bits per heavy atom. The number of hydrogen-bond acceptors (Lipinski definition) is 5. The number of ketones is 1. The molecule has 1 saturated heterocycles. The molecule has 0 bridgehead atoms. The number of ether oxygens (including phenoxy) is 1. The maximum atomic E-state index is 12.4. The van der Waals surface area contributed by atoms with E-state index in [0.717, 1.165) is 24.2 Å². The monoisotopic (exact) mass is 381 g/mol. The summed E-state index contributed by atoms with van der Waals surface area (Å²) in [7, 11) is 0. The van der Waals surface area contributed by atoms with Crippen LogP contribution in [0, 0.1) is 11.8 Å². The summed E-state index contributed by atoms with van der Waals surface area (Å²) in [5.74, 6) is -2.40. The fourth-order valence-electron chi connectivity index (χ4n) is 4.34. The van der Waals surface area contributed by atoms with Crippen LogP contribution in [0.4, 0.5) is 0 Å². The van der Waals surface area contributed by atoms with E-state index in [-0.39, 0.29) is 36.0 Å². The average molecular weight is 381 g/mol. The lowest BCUT2D eigenvalue weighted by atomic mass is 9.85. The van der Waals surface area contributed by atoms with E-state index >= 15 is 0 Å². The summed E-state index contributed by atoms with van der Waals surface area (Å²) >= 11 is 0. The molecular formula is C22H23NO5. The van der Waals surface area contributed by atoms with Crippen LogP contribution in [0.15, 0.2) is 30.4 Å². The summed E-state index contributed by atoms with van der Waals surface area (Å²) in [6.07, 6.45) is 9.13. The highest BCUT2D eigenvalue weighted by molar-refractivity contribution is 6.07. The van der Waals surface area contributed by atoms with Crippen molar-refractivity contribution in [2.24, 2.45) is 11.8 Å². The van der Waals surface area contributed by atoms with E-state index < -0.39 is 12.5 Å². The molecule has 0 radical (unpaired) electrons. The van der Waals surface area contributed by atoms with Crippen LogP contribution in [0.1, 0.15) is 47.2 Å². The third-order valence-electron chi connectivity index (χ3n) is 5.92. The van der Waals surface area contributed by atoms with Crippen LogP contribution in [-0.4, -0.2) is 41.6 Å². The second-order valence-electron chi connectivity index (χ2n) is 7.69. The topological polar surface area (TPSA) is 80.8 Å². The molecular weight excluding hydrogens is 358 g/mol. The normalized spacial score (nSPS) is 23.4. The Hall–Kier alpha value is -2.76. The number of aryl methyl sites for hydroxylation is 2. The Labute approximate surface area is 163 Å². The molecule has 0 N–H and O–H groups in total. The van der Waals surface area contributed by atoms with Crippen LogP contribution < -0.4 is 0 Å². The number of rotatable bonds is 5. The lowest BCUT2D eigenvalue weighted by Gasteiger charge is -2.16. The van der Waals surface area contributed by atoms with E-state index in [2.05, 4.69) is 0 Å². The highest BCUT2D eigenvalue weighted by Gasteiger charge is 2.47. The molecule has 1 aromatic rings. The number of imide groups is 1. The Kier molecular flexibility index (Phi) is 5.11. The maximum Gasteiger partial charge on any atom is 0.326 e. The molecule has 2 amide bonds. The molecule has 6 heteroatoms. The number of amides is 2. The average Bonchev–Trinajstić information content (AvgIpc) is 2.97. The fourth-order valence-corrected chi connectivity index (χ4v) is 4.34. The molecule has 146 valence electrons. The molecule has 6 nitrogen and oxygen atoms in total. The highest BCUT2D eigenvalue weighted by Crippen LogP contribution is 2.34. The molecule has 28 heavy (non-hydrogen) atoms. The van der Waals surface area contributed by atoms with Crippen molar-refractivity contribution in [3.05, 3.63) is 47.0 Å². The summed E-state index contributed by atoms with van der Waals surface area (Å²) in [5.41, 5.74) is 2.99. The largest absolute Gasteiger partial charge is 0.456 e. The van der Waals surface area contributed by atoms with Crippen molar-refractivity contribution >= 4 is 23.6 Å². The van der Waals surface area contributed by atoms with E-state index in [1.807, 2.05) is 24.3 Å². The van der Waals surface area contributed by atoms with Gasteiger partial charge in [0.15, 0.2) is 12.4 Å². The van der Waals surface area contributed by atoms with E-state index in [9.17, 15) is 19.2 Å². The van der Waals surface area contributed by atoms with Gasteiger partial charge in [0.25, 0.3) is 0 Å². The number of benzene rings is 1. The standard InChI is InChI=1S/C22H23NO5/c24-19(16-10-9-14-5-1-2-6-15(14)11-16)13-28-20(25)12-23-21(26)17-7-3-4-8-18(17)22(23)27/h3-4,9-11,17-18H,1-2,5-8,12-13H2/t17-,18-/m0/s1. The Morgan fingerprint density at radius 1 is 0.964 bits per heavy atom. The molecule has 2 atom stereocenters. The van der Waals surface area contributed by atoms with E-state index in [0.29, 0.717) is 18.4 Å². The summed E-state index contributed by atoms with van der Waals surface area (Å²) in [6.45, 7) is -0.815. The van der Waals surface area contributed by atoms with Crippen LogP contribution >= 0.6 is 0 Å². The van der Waals surface area contributed by atoms with Crippen molar-refractivity contribution < 1.29 is 23.9 Å². The molecule has 1 heterocycles. The molecule has 2 aliphatic carbocycles. The van der Waals surface area contributed by atoms with Crippen molar-refractivity contribution in [2.75, 3.05) is 13.2 Å². The number of hydrogen-bond donors (Lipinski definition) is 0. The van der Waals surface area contributed by atoms with Gasteiger partial charge in [-0.3, -0.25) is 24.1 Å². The van der Waals surface area contributed by atoms with E-state index in [4.69, 9.17) is 4.74 Å². The van der Waals surface area contributed by atoms with Gasteiger partial charge in [0.1, 0.15) is 6.54 Å². The number of Topliss-reactive ketones (excluding diaryl/α,β-unsaturated/α-hetero) is 1.